The first-order valence-electron chi connectivity index (χ1n) is 9.05. The summed E-state index contributed by atoms with van der Waals surface area (Å²) in [6, 6.07) is 8.94. The number of aryl methyl sites for hydroxylation is 1. The fourth-order valence-electron chi connectivity index (χ4n) is 3.02. The zero-order valence-corrected chi connectivity index (χ0v) is 19.9. The largest absolute Gasteiger partial charge is 0.495 e. The molecule has 0 fully saturated rings. The van der Waals surface area contributed by atoms with Gasteiger partial charge in [-0.3, -0.25) is 10.1 Å². The van der Waals surface area contributed by atoms with Crippen molar-refractivity contribution in [2.24, 2.45) is 0 Å². The Balaban J connectivity index is 1.96. The number of carbonyl (C=O) groups is 1. The number of hydrogen-bond acceptors (Lipinski definition) is 8. The second-order valence-electron chi connectivity index (χ2n) is 6.76. The van der Waals surface area contributed by atoms with Gasteiger partial charge in [-0.2, -0.15) is 14.6 Å². The van der Waals surface area contributed by atoms with E-state index >= 15 is 0 Å². The topological polar surface area (TPSA) is 127 Å². The lowest BCUT2D eigenvalue weighted by molar-refractivity contribution is -0.112. The molecule has 1 N–H and O–H groups in total. The quantitative estimate of drug-likeness (QED) is 0.412. The number of nitriles is 1. The summed E-state index contributed by atoms with van der Waals surface area (Å²) in [4.78, 5) is 16.3. The van der Waals surface area contributed by atoms with Gasteiger partial charge in [-0.05, 0) is 49.8 Å². The van der Waals surface area contributed by atoms with Crippen LogP contribution in [-0.4, -0.2) is 41.6 Å². The first kappa shape index (κ1) is 23.5. The van der Waals surface area contributed by atoms with Crippen molar-refractivity contribution >= 4 is 50.1 Å². The Hall–Kier alpha value is -3.20. The lowest BCUT2D eigenvalue weighted by Gasteiger charge is -2.14. The Morgan fingerprint density at radius 1 is 1.34 bits per heavy atom. The monoisotopic (exact) mass is 491 g/mol. The predicted molar refractivity (Wildman–Crippen MR) is 122 cm³/mol. The molecule has 0 atom stereocenters. The number of benzene rings is 1. The van der Waals surface area contributed by atoms with Gasteiger partial charge in [0.25, 0.3) is 11.1 Å². The van der Waals surface area contributed by atoms with Gasteiger partial charge in [0.15, 0.2) is 0 Å². The summed E-state index contributed by atoms with van der Waals surface area (Å²) >= 11 is 6.88. The van der Waals surface area contributed by atoms with Crippen LogP contribution in [0.3, 0.4) is 0 Å². The number of halogens is 1. The number of sulfone groups is 1. The summed E-state index contributed by atoms with van der Waals surface area (Å²) in [5.74, 6) is -0.114. The number of ether oxygens (including phenoxy) is 1. The number of nitrogens with one attached hydrogen (secondary N) is 1. The fourth-order valence-corrected chi connectivity index (χ4v) is 4.63. The van der Waals surface area contributed by atoms with E-state index in [0.717, 1.165) is 23.3 Å². The molecule has 1 aromatic carbocycles. The highest BCUT2D eigenvalue weighted by molar-refractivity contribution is 7.90. The van der Waals surface area contributed by atoms with Crippen LogP contribution in [-0.2, 0) is 14.6 Å². The van der Waals surface area contributed by atoms with Crippen LogP contribution in [0.1, 0.15) is 17.0 Å². The molecule has 0 radical (unpaired) electrons. The molecule has 32 heavy (non-hydrogen) atoms. The van der Waals surface area contributed by atoms with Gasteiger partial charge in [0.05, 0.1) is 12.8 Å². The van der Waals surface area contributed by atoms with E-state index in [9.17, 15) is 18.5 Å². The molecule has 0 saturated heterocycles. The van der Waals surface area contributed by atoms with Gasteiger partial charge in [0.2, 0.25) is 15.0 Å². The molecule has 0 unspecified atom stereocenters. The summed E-state index contributed by atoms with van der Waals surface area (Å²) < 4.78 is 34.1. The van der Waals surface area contributed by atoms with Crippen molar-refractivity contribution < 1.29 is 17.9 Å². The SMILES string of the molecule is COc1ccc(Cl)cc1-n1c(C)cc(/C=C(/C#N)C(=O)Nc2nc(S(C)(=O)=O)ns2)c1C. The van der Waals surface area contributed by atoms with E-state index in [-0.39, 0.29) is 15.9 Å². The summed E-state index contributed by atoms with van der Waals surface area (Å²) in [6.07, 6.45) is 2.41. The third-order valence-electron chi connectivity index (χ3n) is 4.48. The Morgan fingerprint density at radius 3 is 2.66 bits per heavy atom. The van der Waals surface area contributed by atoms with Crippen molar-refractivity contribution in [2.45, 2.75) is 19.0 Å². The molecule has 3 rings (SSSR count). The van der Waals surface area contributed by atoms with E-state index in [2.05, 4.69) is 14.7 Å². The molecule has 0 aliphatic carbocycles. The zero-order valence-electron chi connectivity index (χ0n) is 17.5. The first-order chi connectivity index (χ1) is 15.0. The number of carbonyl (C=O) groups excluding carboxylic acids is 1. The summed E-state index contributed by atoms with van der Waals surface area (Å²) in [5, 5.41) is 12.1. The fraction of sp³-hybridized carbons (Fsp3) is 0.200. The molecular formula is C20H18ClN5O4S2. The van der Waals surface area contributed by atoms with Gasteiger partial charge in [0, 0.05) is 34.2 Å². The molecule has 0 spiro atoms. The second-order valence-corrected chi connectivity index (χ2v) is 9.85. The number of hydrogen-bond donors (Lipinski definition) is 1. The van der Waals surface area contributed by atoms with Gasteiger partial charge < -0.3 is 9.30 Å². The maximum atomic E-state index is 12.6. The highest BCUT2D eigenvalue weighted by atomic mass is 35.5. The Labute approximate surface area is 194 Å². The van der Waals surface area contributed by atoms with Crippen LogP contribution in [0.4, 0.5) is 5.13 Å². The second kappa shape index (κ2) is 9.12. The van der Waals surface area contributed by atoms with Crippen LogP contribution < -0.4 is 10.1 Å². The maximum absolute atomic E-state index is 12.6. The van der Waals surface area contributed by atoms with Crippen molar-refractivity contribution in [1.82, 2.24) is 13.9 Å². The van der Waals surface area contributed by atoms with Gasteiger partial charge in [-0.1, -0.05) is 11.6 Å². The van der Waals surface area contributed by atoms with Crippen LogP contribution in [0.5, 0.6) is 5.75 Å². The van der Waals surface area contributed by atoms with E-state index in [1.807, 2.05) is 30.6 Å². The van der Waals surface area contributed by atoms with Crippen LogP contribution in [0.2, 0.25) is 5.02 Å². The van der Waals surface area contributed by atoms with Crippen molar-refractivity contribution in [3.8, 4) is 17.5 Å². The van der Waals surface area contributed by atoms with Gasteiger partial charge in [0.1, 0.15) is 17.4 Å². The maximum Gasteiger partial charge on any atom is 0.268 e. The summed E-state index contributed by atoms with van der Waals surface area (Å²) in [5.41, 5.74) is 2.79. The third-order valence-corrected chi connectivity index (χ3v) is 6.30. The highest BCUT2D eigenvalue weighted by Gasteiger charge is 2.19. The highest BCUT2D eigenvalue weighted by Crippen LogP contribution is 2.31. The van der Waals surface area contributed by atoms with Gasteiger partial charge in [-0.15, -0.1) is 0 Å². The molecule has 0 saturated carbocycles. The molecule has 3 aromatic rings. The Kier molecular flexibility index (Phi) is 6.68. The van der Waals surface area contributed by atoms with Crippen molar-refractivity contribution in [1.29, 1.82) is 5.26 Å². The van der Waals surface area contributed by atoms with Crippen molar-refractivity contribution in [3.05, 3.63) is 51.8 Å². The van der Waals surface area contributed by atoms with E-state index in [1.54, 1.807) is 25.3 Å². The van der Waals surface area contributed by atoms with Crippen molar-refractivity contribution in [2.75, 3.05) is 18.7 Å². The molecular weight excluding hydrogens is 474 g/mol. The number of rotatable bonds is 6. The van der Waals surface area contributed by atoms with Gasteiger partial charge in [-0.25, -0.2) is 8.42 Å². The summed E-state index contributed by atoms with van der Waals surface area (Å²) in [7, 11) is -2.04. The molecule has 12 heteroatoms. The lowest BCUT2D eigenvalue weighted by Crippen LogP contribution is -2.13. The van der Waals surface area contributed by atoms with E-state index in [1.165, 1.54) is 6.08 Å². The number of amides is 1. The van der Waals surface area contributed by atoms with E-state index in [4.69, 9.17) is 16.3 Å². The zero-order chi connectivity index (χ0) is 23.6. The smallest absolute Gasteiger partial charge is 0.268 e. The summed E-state index contributed by atoms with van der Waals surface area (Å²) in [6.45, 7) is 3.72. The molecule has 1 amide bonds. The molecule has 9 nitrogen and oxygen atoms in total. The first-order valence-corrected chi connectivity index (χ1v) is 12.1. The molecule has 2 aromatic heterocycles. The molecule has 166 valence electrons. The van der Waals surface area contributed by atoms with E-state index < -0.39 is 15.7 Å². The predicted octanol–water partition coefficient (Wildman–Crippen LogP) is 3.56. The molecule has 0 aliphatic heterocycles. The molecule has 0 aliphatic rings. The minimum atomic E-state index is -3.60. The minimum absolute atomic E-state index is 0.0225. The standard InChI is InChI=1S/C20H18ClN5O4S2/c1-11-7-13(12(2)26(11)16-9-15(21)5-6-17(16)30-3)8-14(10-22)18(27)23-19-24-20(25-31-19)32(4,28)29/h5-9H,1-4H3,(H,23,24,25,27)/b14-8-. The number of methoxy groups -OCH3 is 1. The van der Waals surface area contributed by atoms with Gasteiger partial charge >= 0.3 is 0 Å². The molecule has 2 heterocycles. The lowest BCUT2D eigenvalue weighted by atomic mass is 10.1. The normalized spacial score (nSPS) is 11.8. The minimum Gasteiger partial charge on any atom is -0.495 e. The van der Waals surface area contributed by atoms with Crippen LogP contribution in [0, 0.1) is 25.2 Å². The number of aromatic nitrogens is 3. The third kappa shape index (κ3) is 4.83. The number of nitrogens with zero attached hydrogens (tertiary/aromatic N) is 4. The van der Waals surface area contributed by atoms with Crippen LogP contribution >= 0.6 is 23.1 Å². The average molecular weight is 492 g/mol. The Bertz CT molecular complexity index is 1380. The molecule has 0 bridgehead atoms. The Morgan fingerprint density at radius 2 is 2.06 bits per heavy atom. The van der Waals surface area contributed by atoms with Crippen molar-refractivity contribution in [3.63, 3.8) is 0 Å². The van der Waals surface area contributed by atoms with E-state index in [0.29, 0.717) is 27.9 Å². The van der Waals surface area contributed by atoms with Crippen LogP contribution in [0.25, 0.3) is 11.8 Å². The average Bonchev–Trinajstić information content (AvgIpc) is 3.30. The van der Waals surface area contributed by atoms with Crippen LogP contribution in [0.15, 0.2) is 35.0 Å². The number of anilines is 1.